The molecule has 5 nitrogen and oxygen atoms in total. The Morgan fingerprint density at radius 3 is 2.41 bits per heavy atom. The Labute approximate surface area is 104 Å². The van der Waals surface area contributed by atoms with Gasteiger partial charge in [-0.15, -0.1) is 6.58 Å². The first-order valence-corrected chi connectivity index (χ1v) is 7.32. The molecular formula is C11H22N2O3S. The summed E-state index contributed by atoms with van der Waals surface area (Å²) in [5.74, 6) is -0.172. The van der Waals surface area contributed by atoms with Crippen LogP contribution in [0.25, 0.3) is 0 Å². The second-order valence-corrected chi connectivity index (χ2v) is 7.32. The Kier molecular flexibility index (Phi) is 5.84. The minimum absolute atomic E-state index is 0.172. The normalized spacial score (nSPS) is 14.1. The van der Waals surface area contributed by atoms with Crippen molar-refractivity contribution in [3.63, 3.8) is 0 Å². The van der Waals surface area contributed by atoms with E-state index in [0.29, 0.717) is 6.54 Å². The molecule has 0 aromatic rings. The van der Waals surface area contributed by atoms with Gasteiger partial charge >= 0.3 is 0 Å². The highest BCUT2D eigenvalue weighted by Gasteiger charge is 2.30. The number of nitrogens with one attached hydrogen (secondary N) is 2. The summed E-state index contributed by atoms with van der Waals surface area (Å²) in [5.41, 5.74) is 0. The molecule has 0 rings (SSSR count). The molecule has 1 amide bonds. The zero-order valence-corrected chi connectivity index (χ0v) is 11.7. The third-order valence-electron chi connectivity index (χ3n) is 2.65. The van der Waals surface area contributed by atoms with Crippen LogP contribution < -0.4 is 10.6 Å². The zero-order valence-electron chi connectivity index (χ0n) is 10.9. The Hall–Kier alpha value is -0.880. The number of sulfone groups is 1. The SMILES string of the molecule is C=CCNC(=O)C(C)NCC(C)(C)S(C)(=O)=O. The lowest BCUT2D eigenvalue weighted by Crippen LogP contribution is -2.49. The van der Waals surface area contributed by atoms with Crippen LogP contribution in [0.4, 0.5) is 0 Å². The van der Waals surface area contributed by atoms with Crippen LogP contribution >= 0.6 is 0 Å². The first-order valence-electron chi connectivity index (χ1n) is 5.43. The molecule has 1 atom stereocenters. The van der Waals surface area contributed by atoms with E-state index in [-0.39, 0.29) is 12.5 Å². The van der Waals surface area contributed by atoms with Crippen LogP contribution in [0.3, 0.4) is 0 Å². The summed E-state index contributed by atoms with van der Waals surface area (Å²) >= 11 is 0. The van der Waals surface area contributed by atoms with Gasteiger partial charge in [0.1, 0.15) is 0 Å². The highest BCUT2D eigenvalue weighted by atomic mass is 32.2. The molecule has 0 heterocycles. The predicted octanol–water partition coefficient (Wildman–Crippen LogP) is 0.0899. The molecule has 0 aliphatic rings. The lowest BCUT2D eigenvalue weighted by Gasteiger charge is -2.25. The summed E-state index contributed by atoms with van der Waals surface area (Å²) in [7, 11) is -3.15. The maximum absolute atomic E-state index is 11.5. The number of carbonyl (C=O) groups is 1. The summed E-state index contributed by atoms with van der Waals surface area (Å²) in [4.78, 5) is 11.5. The molecule has 0 bridgehead atoms. The van der Waals surface area contributed by atoms with Crippen LogP contribution in [0, 0.1) is 0 Å². The predicted molar refractivity (Wildman–Crippen MR) is 69.6 cm³/mol. The topological polar surface area (TPSA) is 75.3 Å². The maximum atomic E-state index is 11.5. The van der Waals surface area contributed by atoms with Gasteiger partial charge in [-0.05, 0) is 20.8 Å². The second-order valence-electron chi connectivity index (χ2n) is 4.67. The van der Waals surface area contributed by atoms with Gasteiger partial charge in [0.2, 0.25) is 5.91 Å². The molecule has 0 aromatic heterocycles. The average molecular weight is 262 g/mol. The van der Waals surface area contributed by atoms with E-state index in [2.05, 4.69) is 17.2 Å². The quantitative estimate of drug-likeness (QED) is 0.638. The largest absolute Gasteiger partial charge is 0.351 e. The van der Waals surface area contributed by atoms with Crippen molar-refractivity contribution >= 4 is 15.7 Å². The lowest BCUT2D eigenvalue weighted by atomic mass is 10.2. The van der Waals surface area contributed by atoms with Crippen molar-refractivity contribution in [2.24, 2.45) is 0 Å². The highest BCUT2D eigenvalue weighted by molar-refractivity contribution is 7.92. The van der Waals surface area contributed by atoms with E-state index >= 15 is 0 Å². The van der Waals surface area contributed by atoms with Crippen molar-refractivity contribution in [1.82, 2.24) is 10.6 Å². The first kappa shape index (κ1) is 16.1. The molecule has 0 spiro atoms. The van der Waals surface area contributed by atoms with Crippen molar-refractivity contribution in [1.29, 1.82) is 0 Å². The summed E-state index contributed by atoms with van der Waals surface area (Å²) in [6, 6.07) is -0.434. The third kappa shape index (κ3) is 5.32. The molecule has 2 N–H and O–H groups in total. The van der Waals surface area contributed by atoms with Gasteiger partial charge in [-0.3, -0.25) is 4.79 Å². The van der Waals surface area contributed by atoms with Crippen molar-refractivity contribution in [2.45, 2.75) is 31.6 Å². The fourth-order valence-corrected chi connectivity index (χ4v) is 1.29. The van der Waals surface area contributed by atoms with Crippen LogP contribution in [-0.2, 0) is 14.6 Å². The number of rotatable bonds is 7. The van der Waals surface area contributed by atoms with Crippen LogP contribution in [-0.4, -0.2) is 44.5 Å². The van der Waals surface area contributed by atoms with Gasteiger partial charge in [0, 0.05) is 19.3 Å². The standard InChI is InChI=1S/C11H22N2O3S/c1-6-7-12-10(14)9(2)13-8-11(3,4)17(5,15)16/h6,9,13H,1,7-8H2,2-5H3,(H,12,14). The fourth-order valence-electron chi connectivity index (χ4n) is 0.949. The van der Waals surface area contributed by atoms with E-state index in [0.717, 1.165) is 0 Å². The van der Waals surface area contributed by atoms with Crippen molar-refractivity contribution in [2.75, 3.05) is 19.3 Å². The van der Waals surface area contributed by atoms with Gasteiger partial charge in [0.15, 0.2) is 9.84 Å². The molecule has 0 saturated carbocycles. The number of hydrogen-bond donors (Lipinski definition) is 2. The Balaban J connectivity index is 4.29. The van der Waals surface area contributed by atoms with Crippen LogP contribution in [0.1, 0.15) is 20.8 Å². The van der Waals surface area contributed by atoms with Gasteiger partial charge in [-0.2, -0.15) is 0 Å². The van der Waals surface area contributed by atoms with Crippen molar-refractivity contribution < 1.29 is 13.2 Å². The first-order chi connectivity index (χ1) is 7.62. The smallest absolute Gasteiger partial charge is 0.237 e. The molecule has 0 saturated heterocycles. The summed E-state index contributed by atoms with van der Waals surface area (Å²) in [6.07, 6.45) is 2.78. The fraction of sp³-hybridized carbons (Fsp3) is 0.727. The molecule has 100 valence electrons. The summed E-state index contributed by atoms with van der Waals surface area (Å²) in [5, 5.41) is 5.55. The maximum Gasteiger partial charge on any atom is 0.237 e. The zero-order chi connectivity index (χ0) is 13.7. The van der Waals surface area contributed by atoms with E-state index < -0.39 is 20.6 Å². The van der Waals surface area contributed by atoms with Crippen molar-refractivity contribution in [3.8, 4) is 0 Å². The molecule has 0 fully saturated rings. The molecule has 0 radical (unpaired) electrons. The van der Waals surface area contributed by atoms with E-state index in [9.17, 15) is 13.2 Å². The second kappa shape index (κ2) is 6.16. The third-order valence-corrected chi connectivity index (χ3v) is 4.80. The Bertz CT molecular complexity index is 374. The van der Waals surface area contributed by atoms with Crippen LogP contribution in [0.5, 0.6) is 0 Å². The van der Waals surface area contributed by atoms with E-state index in [1.54, 1.807) is 26.8 Å². The van der Waals surface area contributed by atoms with Gasteiger partial charge in [0.05, 0.1) is 10.8 Å². The minimum Gasteiger partial charge on any atom is -0.351 e. The number of amides is 1. The number of carbonyl (C=O) groups excluding carboxylic acids is 1. The highest BCUT2D eigenvalue weighted by Crippen LogP contribution is 2.13. The Morgan fingerprint density at radius 1 is 1.47 bits per heavy atom. The molecule has 0 aliphatic carbocycles. The van der Waals surface area contributed by atoms with Gasteiger partial charge in [0.25, 0.3) is 0 Å². The molecule has 1 unspecified atom stereocenters. The average Bonchev–Trinajstić information content (AvgIpc) is 2.20. The molecule has 6 heteroatoms. The summed E-state index contributed by atoms with van der Waals surface area (Å²) in [6.45, 7) is 9.08. The van der Waals surface area contributed by atoms with E-state index in [4.69, 9.17) is 0 Å². The van der Waals surface area contributed by atoms with E-state index in [1.165, 1.54) is 6.26 Å². The van der Waals surface area contributed by atoms with Gasteiger partial charge in [-0.1, -0.05) is 6.08 Å². The monoisotopic (exact) mass is 262 g/mol. The van der Waals surface area contributed by atoms with Crippen LogP contribution in [0.2, 0.25) is 0 Å². The van der Waals surface area contributed by atoms with Gasteiger partial charge < -0.3 is 10.6 Å². The molecule has 0 aliphatic heterocycles. The van der Waals surface area contributed by atoms with E-state index in [1.807, 2.05) is 0 Å². The Morgan fingerprint density at radius 2 is 2.00 bits per heavy atom. The lowest BCUT2D eigenvalue weighted by molar-refractivity contribution is -0.122. The van der Waals surface area contributed by atoms with Crippen molar-refractivity contribution in [3.05, 3.63) is 12.7 Å². The molecular weight excluding hydrogens is 240 g/mol. The van der Waals surface area contributed by atoms with Crippen LogP contribution in [0.15, 0.2) is 12.7 Å². The minimum atomic E-state index is -3.15. The molecule has 0 aromatic carbocycles. The van der Waals surface area contributed by atoms with Gasteiger partial charge in [-0.25, -0.2) is 8.42 Å². The molecule has 17 heavy (non-hydrogen) atoms. The number of hydrogen-bond acceptors (Lipinski definition) is 4. The summed E-state index contributed by atoms with van der Waals surface area (Å²) < 4.78 is 22.0.